The lowest BCUT2D eigenvalue weighted by molar-refractivity contribution is -0.137. The minimum atomic E-state index is -0.869. The first-order chi connectivity index (χ1) is 8.40. The molecule has 1 rings (SSSR count). The van der Waals surface area contributed by atoms with Crippen molar-refractivity contribution >= 4 is 11.9 Å². The Morgan fingerprint density at radius 1 is 1.44 bits per heavy atom. The van der Waals surface area contributed by atoms with E-state index in [0.717, 1.165) is 0 Å². The topological polar surface area (TPSA) is 92.2 Å². The van der Waals surface area contributed by atoms with Gasteiger partial charge in [-0.2, -0.15) is 0 Å². The van der Waals surface area contributed by atoms with Gasteiger partial charge in [0.15, 0.2) is 0 Å². The van der Waals surface area contributed by atoms with Crippen molar-refractivity contribution in [1.82, 2.24) is 15.3 Å². The van der Waals surface area contributed by atoms with Crippen molar-refractivity contribution < 1.29 is 14.7 Å². The number of carbonyl (C=O) groups excluding carboxylic acids is 1. The molecule has 1 atom stereocenters. The van der Waals surface area contributed by atoms with Gasteiger partial charge >= 0.3 is 5.97 Å². The van der Waals surface area contributed by atoms with Gasteiger partial charge < -0.3 is 10.4 Å². The van der Waals surface area contributed by atoms with Gasteiger partial charge in [0.1, 0.15) is 5.82 Å². The maximum Gasteiger partial charge on any atom is 0.303 e. The van der Waals surface area contributed by atoms with Gasteiger partial charge in [-0.1, -0.05) is 6.92 Å². The highest BCUT2D eigenvalue weighted by Crippen LogP contribution is 2.05. The molecule has 0 fully saturated rings. The van der Waals surface area contributed by atoms with Crippen molar-refractivity contribution in [2.24, 2.45) is 5.92 Å². The van der Waals surface area contributed by atoms with E-state index in [0.29, 0.717) is 23.6 Å². The summed E-state index contributed by atoms with van der Waals surface area (Å²) in [5.74, 6) is -0.641. The summed E-state index contributed by atoms with van der Waals surface area (Å²) in [6.45, 7) is 5.58. The van der Waals surface area contributed by atoms with Gasteiger partial charge in [-0.15, -0.1) is 0 Å². The Kier molecular flexibility index (Phi) is 4.76. The van der Waals surface area contributed by atoms with Crippen molar-refractivity contribution in [3.05, 3.63) is 23.3 Å². The Balaban J connectivity index is 2.58. The summed E-state index contributed by atoms with van der Waals surface area (Å²) < 4.78 is 0. The number of carbonyl (C=O) groups is 2. The van der Waals surface area contributed by atoms with E-state index in [2.05, 4.69) is 15.3 Å². The van der Waals surface area contributed by atoms with Crippen LogP contribution in [0.3, 0.4) is 0 Å². The molecule has 1 amide bonds. The zero-order chi connectivity index (χ0) is 13.7. The molecule has 0 radical (unpaired) electrons. The van der Waals surface area contributed by atoms with Crippen LogP contribution in [0.25, 0.3) is 0 Å². The molecule has 0 aliphatic heterocycles. The molecule has 18 heavy (non-hydrogen) atoms. The summed E-state index contributed by atoms with van der Waals surface area (Å²) >= 11 is 0. The maximum absolute atomic E-state index is 11.8. The van der Waals surface area contributed by atoms with Gasteiger partial charge in [0, 0.05) is 19.2 Å². The van der Waals surface area contributed by atoms with E-state index >= 15 is 0 Å². The summed E-state index contributed by atoms with van der Waals surface area (Å²) in [5.41, 5.74) is 1.04. The van der Waals surface area contributed by atoms with Gasteiger partial charge in [-0.25, -0.2) is 9.97 Å². The minimum Gasteiger partial charge on any atom is -0.481 e. The third-order valence-electron chi connectivity index (χ3n) is 2.48. The standard InChI is InChI=1S/C12H17N3O3/c1-7(4-11(16)17)5-14-12(18)10-6-13-9(3)15-8(10)2/h6-7H,4-5H2,1-3H3,(H,14,18)(H,16,17). The quantitative estimate of drug-likeness (QED) is 0.812. The normalized spacial score (nSPS) is 11.9. The molecule has 1 heterocycles. The number of rotatable bonds is 5. The van der Waals surface area contributed by atoms with Crippen LogP contribution in [0.1, 0.15) is 35.2 Å². The van der Waals surface area contributed by atoms with Gasteiger partial charge in [-0.05, 0) is 19.8 Å². The predicted molar refractivity (Wildman–Crippen MR) is 65.3 cm³/mol. The van der Waals surface area contributed by atoms with E-state index < -0.39 is 5.97 Å². The van der Waals surface area contributed by atoms with E-state index in [4.69, 9.17) is 5.11 Å². The summed E-state index contributed by atoms with van der Waals surface area (Å²) in [6.07, 6.45) is 1.51. The Morgan fingerprint density at radius 2 is 2.11 bits per heavy atom. The van der Waals surface area contributed by atoms with Crippen LogP contribution in [0, 0.1) is 19.8 Å². The first kappa shape index (κ1) is 14.1. The average molecular weight is 251 g/mol. The number of carboxylic acid groups (broad SMARTS) is 1. The smallest absolute Gasteiger partial charge is 0.303 e. The fourth-order valence-corrected chi connectivity index (χ4v) is 1.54. The molecule has 0 aliphatic carbocycles. The molecule has 0 bridgehead atoms. The molecule has 6 nitrogen and oxygen atoms in total. The molecule has 0 aromatic carbocycles. The molecule has 0 saturated heterocycles. The highest BCUT2D eigenvalue weighted by Gasteiger charge is 2.13. The molecule has 1 unspecified atom stereocenters. The third kappa shape index (κ3) is 4.12. The fraction of sp³-hybridized carbons (Fsp3) is 0.500. The van der Waals surface area contributed by atoms with E-state index in [-0.39, 0.29) is 18.2 Å². The molecule has 98 valence electrons. The van der Waals surface area contributed by atoms with Crippen molar-refractivity contribution in [1.29, 1.82) is 0 Å². The van der Waals surface area contributed by atoms with Crippen LogP contribution in [0.5, 0.6) is 0 Å². The Hall–Kier alpha value is -1.98. The molecule has 1 aromatic rings. The first-order valence-corrected chi connectivity index (χ1v) is 5.70. The number of aliphatic carboxylic acids is 1. The molecule has 1 aromatic heterocycles. The van der Waals surface area contributed by atoms with Crippen LogP contribution < -0.4 is 5.32 Å². The number of hydrogen-bond donors (Lipinski definition) is 2. The van der Waals surface area contributed by atoms with Crippen LogP contribution in [-0.2, 0) is 4.79 Å². The number of aromatic nitrogens is 2. The summed E-state index contributed by atoms with van der Waals surface area (Å²) in [6, 6.07) is 0. The SMILES string of the molecule is Cc1ncc(C(=O)NCC(C)CC(=O)O)c(C)n1. The van der Waals surface area contributed by atoms with Gasteiger partial charge in [0.25, 0.3) is 5.91 Å². The first-order valence-electron chi connectivity index (χ1n) is 5.70. The zero-order valence-corrected chi connectivity index (χ0v) is 10.7. The largest absolute Gasteiger partial charge is 0.481 e. The van der Waals surface area contributed by atoms with E-state index in [1.165, 1.54) is 6.20 Å². The van der Waals surface area contributed by atoms with Gasteiger partial charge in [0.2, 0.25) is 0 Å². The van der Waals surface area contributed by atoms with Crippen molar-refractivity contribution in [2.45, 2.75) is 27.2 Å². The second-order valence-corrected chi connectivity index (χ2v) is 4.33. The minimum absolute atomic E-state index is 0.0314. The molecule has 6 heteroatoms. The Bertz CT molecular complexity index is 460. The van der Waals surface area contributed by atoms with Gasteiger partial charge in [0.05, 0.1) is 11.3 Å². The molecule has 0 saturated carbocycles. The zero-order valence-electron chi connectivity index (χ0n) is 10.7. The lowest BCUT2D eigenvalue weighted by Gasteiger charge is -2.11. The summed E-state index contributed by atoms with van der Waals surface area (Å²) in [7, 11) is 0. The molecule has 0 spiro atoms. The monoisotopic (exact) mass is 251 g/mol. The lowest BCUT2D eigenvalue weighted by atomic mass is 10.1. The molecule has 2 N–H and O–H groups in total. The average Bonchev–Trinajstić information content (AvgIpc) is 2.25. The highest BCUT2D eigenvalue weighted by atomic mass is 16.4. The van der Waals surface area contributed by atoms with E-state index in [1.807, 2.05) is 0 Å². The van der Waals surface area contributed by atoms with Crippen LogP contribution in [0.2, 0.25) is 0 Å². The summed E-state index contributed by atoms with van der Waals surface area (Å²) in [4.78, 5) is 30.4. The fourth-order valence-electron chi connectivity index (χ4n) is 1.54. The van der Waals surface area contributed by atoms with Crippen molar-refractivity contribution in [3.8, 4) is 0 Å². The van der Waals surface area contributed by atoms with E-state index in [9.17, 15) is 9.59 Å². The van der Waals surface area contributed by atoms with Gasteiger partial charge in [-0.3, -0.25) is 9.59 Å². The number of nitrogens with zero attached hydrogens (tertiary/aromatic N) is 2. The van der Waals surface area contributed by atoms with Crippen LogP contribution in [-0.4, -0.2) is 33.5 Å². The number of aryl methyl sites for hydroxylation is 2. The maximum atomic E-state index is 11.8. The highest BCUT2D eigenvalue weighted by molar-refractivity contribution is 5.94. The number of amides is 1. The Morgan fingerprint density at radius 3 is 2.67 bits per heavy atom. The number of carboxylic acids is 1. The van der Waals surface area contributed by atoms with Crippen LogP contribution in [0.15, 0.2) is 6.20 Å². The van der Waals surface area contributed by atoms with Crippen LogP contribution in [0.4, 0.5) is 0 Å². The number of hydrogen-bond acceptors (Lipinski definition) is 4. The number of nitrogens with one attached hydrogen (secondary N) is 1. The molecular formula is C12H17N3O3. The van der Waals surface area contributed by atoms with Crippen molar-refractivity contribution in [3.63, 3.8) is 0 Å². The predicted octanol–water partition coefficient (Wildman–Crippen LogP) is 0.934. The Labute approximate surface area is 105 Å². The molecular weight excluding hydrogens is 234 g/mol. The summed E-state index contributed by atoms with van der Waals surface area (Å²) in [5, 5.41) is 11.3. The third-order valence-corrected chi connectivity index (χ3v) is 2.48. The van der Waals surface area contributed by atoms with Crippen molar-refractivity contribution in [2.75, 3.05) is 6.54 Å². The second-order valence-electron chi connectivity index (χ2n) is 4.33. The van der Waals surface area contributed by atoms with E-state index in [1.54, 1.807) is 20.8 Å². The molecule has 0 aliphatic rings. The second kappa shape index (κ2) is 6.09. The lowest BCUT2D eigenvalue weighted by Crippen LogP contribution is -2.30. The van der Waals surface area contributed by atoms with Crippen LogP contribution >= 0.6 is 0 Å².